The first-order valence-electron chi connectivity index (χ1n) is 10.7. The van der Waals surface area contributed by atoms with Gasteiger partial charge in [-0.05, 0) is 42.8 Å². The Kier molecular flexibility index (Phi) is 6.27. The zero-order valence-corrected chi connectivity index (χ0v) is 18.3. The Labute approximate surface area is 182 Å². The molecule has 31 heavy (non-hydrogen) atoms. The molecular weight excluding hydrogens is 390 g/mol. The van der Waals surface area contributed by atoms with E-state index in [4.69, 9.17) is 0 Å². The maximum atomic E-state index is 13.0. The van der Waals surface area contributed by atoms with Crippen LogP contribution in [0.1, 0.15) is 41.4 Å². The molecule has 0 aromatic carbocycles. The molecule has 0 radical (unpaired) electrons. The van der Waals surface area contributed by atoms with Crippen molar-refractivity contribution in [2.45, 2.75) is 26.3 Å². The van der Waals surface area contributed by atoms with Crippen molar-refractivity contribution in [3.63, 3.8) is 0 Å². The summed E-state index contributed by atoms with van der Waals surface area (Å²) in [5.74, 6) is 1.65. The summed E-state index contributed by atoms with van der Waals surface area (Å²) in [5.41, 5.74) is 2.46. The summed E-state index contributed by atoms with van der Waals surface area (Å²) in [6.45, 7) is 8.53. The second kappa shape index (κ2) is 9.26. The minimum Gasteiger partial charge on any atom is -0.354 e. The number of rotatable bonds is 6. The first kappa shape index (κ1) is 21.0. The number of hydrogen-bond donors (Lipinski definition) is 1. The zero-order valence-electron chi connectivity index (χ0n) is 18.3. The quantitative estimate of drug-likeness (QED) is 0.661. The molecule has 8 nitrogen and oxygen atoms in total. The Hall–Kier alpha value is -3.26. The van der Waals surface area contributed by atoms with Crippen LogP contribution in [-0.4, -0.2) is 63.8 Å². The van der Waals surface area contributed by atoms with Crippen LogP contribution < -0.4 is 10.2 Å². The maximum absolute atomic E-state index is 13.0. The van der Waals surface area contributed by atoms with Crippen molar-refractivity contribution >= 4 is 11.7 Å². The van der Waals surface area contributed by atoms with Crippen LogP contribution in [0.2, 0.25) is 0 Å². The van der Waals surface area contributed by atoms with Crippen LogP contribution in [0.3, 0.4) is 0 Å². The highest BCUT2D eigenvalue weighted by atomic mass is 16.1. The van der Waals surface area contributed by atoms with E-state index >= 15 is 0 Å². The Bertz CT molecular complexity index is 1020. The SMILES string of the molecule is CC(C)c1c(C(=O)NCc2ccnc(N3CCN(C)CC3)c2)cnn1-c1ccccn1. The van der Waals surface area contributed by atoms with Crippen molar-refractivity contribution < 1.29 is 4.79 Å². The zero-order chi connectivity index (χ0) is 21.8. The van der Waals surface area contributed by atoms with Crippen molar-refractivity contribution in [3.8, 4) is 5.82 Å². The molecule has 8 heteroatoms. The molecule has 0 saturated carbocycles. The van der Waals surface area contributed by atoms with E-state index in [-0.39, 0.29) is 11.8 Å². The van der Waals surface area contributed by atoms with E-state index < -0.39 is 0 Å². The number of hydrogen-bond acceptors (Lipinski definition) is 6. The standard InChI is InChI=1S/C23H29N7O/c1-17(2)22-19(16-27-30(22)20-6-4-5-8-24-20)23(31)26-15-18-7-9-25-21(14-18)29-12-10-28(3)11-13-29/h4-9,14,16-17H,10-13,15H2,1-3H3,(H,26,31). The van der Waals surface area contributed by atoms with Crippen LogP contribution in [-0.2, 0) is 6.54 Å². The predicted molar refractivity (Wildman–Crippen MR) is 121 cm³/mol. The molecule has 0 spiro atoms. The van der Waals surface area contributed by atoms with Gasteiger partial charge in [0.25, 0.3) is 5.91 Å². The van der Waals surface area contributed by atoms with E-state index in [1.54, 1.807) is 17.1 Å². The molecule has 1 saturated heterocycles. The van der Waals surface area contributed by atoms with E-state index in [0.717, 1.165) is 43.3 Å². The van der Waals surface area contributed by atoms with Crippen LogP contribution >= 0.6 is 0 Å². The predicted octanol–water partition coefficient (Wildman–Crippen LogP) is 2.47. The van der Waals surface area contributed by atoms with Gasteiger partial charge in [0.2, 0.25) is 0 Å². The van der Waals surface area contributed by atoms with Crippen LogP contribution in [0, 0.1) is 0 Å². The third kappa shape index (κ3) is 4.74. The minimum absolute atomic E-state index is 0.120. The van der Waals surface area contributed by atoms with Gasteiger partial charge >= 0.3 is 0 Å². The summed E-state index contributed by atoms with van der Waals surface area (Å²) in [4.78, 5) is 26.5. The van der Waals surface area contributed by atoms with Crippen LogP contribution in [0.5, 0.6) is 0 Å². The molecule has 3 aromatic heterocycles. The number of carbonyl (C=O) groups excluding carboxylic acids is 1. The number of amides is 1. The molecular formula is C23H29N7O. The molecule has 1 amide bonds. The molecule has 1 aliphatic rings. The maximum Gasteiger partial charge on any atom is 0.255 e. The van der Waals surface area contributed by atoms with Crippen molar-refractivity contribution in [2.75, 3.05) is 38.1 Å². The molecule has 1 fully saturated rings. The van der Waals surface area contributed by atoms with E-state index in [1.807, 2.05) is 30.5 Å². The molecule has 0 bridgehead atoms. The molecule has 0 atom stereocenters. The second-order valence-corrected chi connectivity index (χ2v) is 8.19. The summed E-state index contributed by atoms with van der Waals surface area (Å²) in [6, 6.07) is 9.67. The largest absolute Gasteiger partial charge is 0.354 e. The summed E-state index contributed by atoms with van der Waals surface area (Å²) < 4.78 is 1.75. The lowest BCUT2D eigenvalue weighted by Gasteiger charge is -2.33. The molecule has 162 valence electrons. The number of anilines is 1. The third-order valence-corrected chi connectivity index (χ3v) is 5.55. The van der Waals surface area contributed by atoms with Crippen LogP contribution in [0.25, 0.3) is 5.82 Å². The first-order valence-corrected chi connectivity index (χ1v) is 10.7. The number of nitrogens with one attached hydrogen (secondary N) is 1. The van der Waals surface area contributed by atoms with Gasteiger partial charge in [0.1, 0.15) is 5.82 Å². The smallest absolute Gasteiger partial charge is 0.255 e. The average Bonchev–Trinajstić information content (AvgIpc) is 3.24. The van der Waals surface area contributed by atoms with Crippen LogP contribution in [0.4, 0.5) is 5.82 Å². The highest BCUT2D eigenvalue weighted by molar-refractivity contribution is 5.95. The molecule has 3 aromatic rings. The van der Waals surface area contributed by atoms with Crippen LogP contribution in [0.15, 0.2) is 48.9 Å². The number of pyridine rings is 2. The van der Waals surface area contributed by atoms with Gasteiger partial charge in [0.15, 0.2) is 5.82 Å². The fourth-order valence-electron chi connectivity index (χ4n) is 3.81. The number of aromatic nitrogens is 4. The fourth-order valence-corrected chi connectivity index (χ4v) is 3.81. The summed E-state index contributed by atoms with van der Waals surface area (Å²) in [6.07, 6.45) is 5.16. The molecule has 1 N–H and O–H groups in total. The number of likely N-dealkylation sites (N-methyl/N-ethyl adjacent to an activating group) is 1. The molecule has 4 rings (SSSR count). The van der Waals surface area contributed by atoms with Gasteiger partial charge in [-0.3, -0.25) is 4.79 Å². The van der Waals surface area contributed by atoms with Crippen molar-refractivity contribution in [1.82, 2.24) is 30.0 Å². The van der Waals surface area contributed by atoms with Gasteiger partial charge in [-0.25, -0.2) is 14.6 Å². The Morgan fingerprint density at radius 3 is 2.55 bits per heavy atom. The normalized spacial score (nSPS) is 14.8. The molecule has 0 aliphatic carbocycles. The van der Waals surface area contributed by atoms with Gasteiger partial charge in [-0.15, -0.1) is 0 Å². The van der Waals surface area contributed by atoms with Gasteiger partial charge in [-0.1, -0.05) is 19.9 Å². The van der Waals surface area contributed by atoms with E-state index in [0.29, 0.717) is 17.9 Å². The molecule has 0 unspecified atom stereocenters. The number of carbonyl (C=O) groups is 1. The number of piperazine rings is 1. The van der Waals surface area contributed by atoms with Crippen molar-refractivity contribution in [2.24, 2.45) is 0 Å². The topological polar surface area (TPSA) is 79.2 Å². The first-order chi connectivity index (χ1) is 15.0. The highest BCUT2D eigenvalue weighted by Gasteiger charge is 2.21. The summed E-state index contributed by atoms with van der Waals surface area (Å²) >= 11 is 0. The Balaban J connectivity index is 1.47. The number of nitrogens with zero attached hydrogens (tertiary/aromatic N) is 6. The Morgan fingerprint density at radius 2 is 1.84 bits per heavy atom. The second-order valence-electron chi connectivity index (χ2n) is 8.19. The van der Waals surface area contributed by atoms with E-state index in [2.05, 4.69) is 57.1 Å². The lowest BCUT2D eigenvalue weighted by Crippen LogP contribution is -2.44. The third-order valence-electron chi connectivity index (χ3n) is 5.55. The van der Waals surface area contributed by atoms with Crippen molar-refractivity contribution in [3.05, 3.63) is 65.7 Å². The molecule has 4 heterocycles. The summed E-state index contributed by atoms with van der Waals surface area (Å²) in [7, 11) is 2.14. The fraction of sp³-hybridized carbons (Fsp3) is 0.391. The highest BCUT2D eigenvalue weighted by Crippen LogP contribution is 2.22. The average molecular weight is 420 g/mol. The minimum atomic E-state index is -0.135. The van der Waals surface area contributed by atoms with Gasteiger partial charge in [0.05, 0.1) is 17.5 Å². The van der Waals surface area contributed by atoms with Gasteiger partial charge < -0.3 is 15.1 Å². The molecule has 1 aliphatic heterocycles. The van der Waals surface area contributed by atoms with E-state index in [1.165, 1.54) is 0 Å². The van der Waals surface area contributed by atoms with Gasteiger partial charge in [0, 0.05) is 45.1 Å². The summed E-state index contributed by atoms with van der Waals surface area (Å²) in [5, 5.41) is 7.48. The van der Waals surface area contributed by atoms with Gasteiger partial charge in [-0.2, -0.15) is 5.10 Å². The lowest BCUT2D eigenvalue weighted by molar-refractivity contribution is 0.0949. The lowest BCUT2D eigenvalue weighted by atomic mass is 10.1. The monoisotopic (exact) mass is 419 g/mol. The van der Waals surface area contributed by atoms with E-state index in [9.17, 15) is 4.79 Å². The van der Waals surface area contributed by atoms with Crippen molar-refractivity contribution in [1.29, 1.82) is 0 Å². The Morgan fingerprint density at radius 1 is 1.06 bits per heavy atom.